The van der Waals surface area contributed by atoms with Gasteiger partial charge < -0.3 is 9.64 Å². The van der Waals surface area contributed by atoms with Crippen molar-refractivity contribution in [3.8, 4) is 0 Å². The Morgan fingerprint density at radius 2 is 1.62 bits per heavy atom. The monoisotopic (exact) mass is 511 g/mol. The fraction of sp³-hybridized carbons (Fsp3) is 0.840. The second-order valence-electron chi connectivity index (χ2n) is 10.1. The van der Waals surface area contributed by atoms with E-state index in [0.29, 0.717) is 54.6 Å². The maximum absolute atomic E-state index is 13.5. The SMILES string of the molecule is Cc1nc(CCC(=O)N(C2CCCCC2)C2CCCCC2)sc1S(=O)(=O)CCN1CCOCC1. The van der Waals surface area contributed by atoms with Gasteiger partial charge in [0, 0.05) is 44.6 Å². The lowest BCUT2D eigenvalue weighted by Gasteiger charge is -2.42. The molecule has 0 aromatic carbocycles. The van der Waals surface area contributed by atoms with E-state index in [1.54, 1.807) is 6.92 Å². The molecule has 1 saturated heterocycles. The quantitative estimate of drug-likeness (QED) is 0.499. The maximum Gasteiger partial charge on any atom is 0.223 e. The van der Waals surface area contributed by atoms with Crippen molar-refractivity contribution >= 4 is 27.1 Å². The van der Waals surface area contributed by atoms with Gasteiger partial charge in [-0.3, -0.25) is 9.69 Å². The number of morpholine rings is 1. The van der Waals surface area contributed by atoms with E-state index in [1.807, 2.05) is 0 Å². The number of rotatable bonds is 9. The molecule has 3 aliphatic rings. The molecule has 1 amide bonds. The number of carbonyl (C=O) groups is 1. The second-order valence-corrected chi connectivity index (χ2v) is 13.5. The molecule has 2 heterocycles. The third-order valence-electron chi connectivity index (χ3n) is 7.64. The normalized spacial score (nSPS) is 21.6. The number of sulfone groups is 1. The Labute approximate surface area is 209 Å². The van der Waals surface area contributed by atoms with Crippen molar-refractivity contribution in [1.82, 2.24) is 14.8 Å². The Morgan fingerprint density at radius 3 is 2.21 bits per heavy atom. The molecule has 4 rings (SSSR count). The first-order valence-electron chi connectivity index (χ1n) is 13.2. The molecule has 2 aliphatic carbocycles. The number of thiazole rings is 1. The van der Waals surface area contributed by atoms with Gasteiger partial charge in [0.2, 0.25) is 5.91 Å². The van der Waals surface area contributed by atoms with Crippen molar-refractivity contribution in [1.29, 1.82) is 0 Å². The largest absolute Gasteiger partial charge is 0.379 e. The number of hydrogen-bond acceptors (Lipinski definition) is 7. The van der Waals surface area contributed by atoms with E-state index in [9.17, 15) is 13.2 Å². The molecule has 1 aromatic rings. The molecule has 0 atom stereocenters. The van der Waals surface area contributed by atoms with Gasteiger partial charge in [0.05, 0.1) is 29.7 Å². The highest BCUT2D eigenvalue weighted by molar-refractivity contribution is 7.93. The van der Waals surface area contributed by atoms with Gasteiger partial charge >= 0.3 is 0 Å². The third kappa shape index (κ3) is 6.80. The molecular formula is C25H41N3O4S2. The van der Waals surface area contributed by atoms with Crippen LogP contribution in [0.15, 0.2) is 4.21 Å². The van der Waals surface area contributed by atoms with Crippen LogP contribution >= 0.6 is 11.3 Å². The average Bonchev–Trinajstić information content (AvgIpc) is 3.25. The summed E-state index contributed by atoms with van der Waals surface area (Å²) in [7, 11) is -3.38. The average molecular weight is 512 g/mol. The molecule has 192 valence electrons. The molecule has 2 saturated carbocycles. The van der Waals surface area contributed by atoms with Crippen molar-refractivity contribution in [2.75, 3.05) is 38.6 Å². The summed E-state index contributed by atoms with van der Waals surface area (Å²) in [5.74, 6) is 0.342. The molecule has 1 aromatic heterocycles. The van der Waals surface area contributed by atoms with Crippen LogP contribution in [0.1, 0.15) is 81.3 Å². The van der Waals surface area contributed by atoms with Crippen LogP contribution in [0.3, 0.4) is 0 Å². The summed E-state index contributed by atoms with van der Waals surface area (Å²) in [6.45, 7) is 5.19. The van der Waals surface area contributed by atoms with Crippen LogP contribution in [0.25, 0.3) is 0 Å². The molecule has 0 N–H and O–H groups in total. The van der Waals surface area contributed by atoms with E-state index < -0.39 is 9.84 Å². The van der Waals surface area contributed by atoms with Crippen molar-refractivity contribution in [2.24, 2.45) is 0 Å². The first-order chi connectivity index (χ1) is 16.4. The molecule has 0 unspecified atom stereocenters. The zero-order valence-corrected chi connectivity index (χ0v) is 22.3. The van der Waals surface area contributed by atoms with E-state index in [4.69, 9.17) is 4.74 Å². The summed E-state index contributed by atoms with van der Waals surface area (Å²) in [6.07, 6.45) is 12.9. The van der Waals surface area contributed by atoms with Gasteiger partial charge in [0.1, 0.15) is 4.21 Å². The molecular weight excluding hydrogens is 470 g/mol. The minimum absolute atomic E-state index is 0.103. The summed E-state index contributed by atoms with van der Waals surface area (Å²) in [5.41, 5.74) is 0.575. The lowest BCUT2D eigenvalue weighted by Crippen LogP contribution is -2.48. The van der Waals surface area contributed by atoms with E-state index in [1.165, 1.54) is 49.9 Å². The summed E-state index contributed by atoms with van der Waals surface area (Å²) in [5, 5.41) is 0.767. The highest BCUT2D eigenvalue weighted by Crippen LogP contribution is 2.32. The van der Waals surface area contributed by atoms with Crippen molar-refractivity contribution < 1.29 is 17.9 Å². The third-order valence-corrected chi connectivity index (χ3v) is 11.2. The van der Waals surface area contributed by atoms with Crippen LogP contribution in [0.4, 0.5) is 0 Å². The summed E-state index contributed by atoms with van der Waals surface area (Å²) < 4.78 is 31.7. The molecule has 0 spiro atoms. The molecule has 1 aliphatic heterocycles. The fourth-order valence-electron chi connectivity index (χ4n) is 5.77. The highest BCUT2D eigenvalue weighted by atomic mass is 32.2. The predicted molar refractivity (Wildman–Crippen MR) is 135 cm³/mol. The first kappa shape index (κ1) is 26.0. The lowest BCUT2D eigenvalue weighted by atomic mass is 9.88. The van der Waals surface area contributed by atoms with Gasteiger partial charge in [-0.25, -0.2) is 13.4 Å². The van der Waals surface area contributed by atoms with Crippen molar-refractivity contribution in [3.05, 3.63) is 10.7 Å². The fourth-order valence-corrected chi connectivity index (χ4v) is 8.79. The number of carbonyl (C=O) groups excluding carboxylic acids is 1. The van der Waals surface area contributed by atoms with E-state index >= 15 is 0 Å². The molecule has 7 nitrogen and oxygen atoms in total. The van der Waals surface area contributed by atoms with Gasteiger partial charge in [-0.2, -0.15) is 0 Å². The van der Waals surface area contributed by atoms with Crippen LogP contribution in [-0.4, -0.2) is 79.8 Å². The van der Waals surface area contributed by atoms with Gasteiger partial charge in [-0.15, -0.1) is 11.3 Å². The standard InChI is InChI=1S/C25H41N3O4S2/c1-20-25(34(30,31)19-16-27-14-17-32-18-15-27)33-23(26-20)12-13-24(29)28(21-8-4-2-5-9-21)22-10-6-3-7-11-22/h21-22H,2-19H2,1H3. The highest BCUT2D eigenvalue weighted by Gasteiger charge is 2.32. The minimum atomic E-state index is -3.38. The van der Waals surface area contributed by atoms with E-state index in [2.05, 4.69) is 14.8 Å². The van der Waals surface area contributed by atoms with Crippen LogP contribution in [0, 0.1) is 6.92 Å². The van der Waals surface area contributed by atoms with Crippen LogP contribution in [-0.2, 0) is 25.8 Å². The Bertz CT molecular complexity index is 881. The summed E-state index contributed by atoms with van der Waals surface area (Å²) in [4.78, 5) is 22.4. The zero-order chi connectivity index (χ0) is 24.0. The number of nitrogens with zero attached hydrogens (tertiary/aromatic N) is 3. The molecule has 0 radical (unpaired) electrons. The smallest absolute Gasteiger partial charge is 0.223 e. The maximum atomic E-state index is 13.5. The Balaban J connectivity index is 1.37. The number of aryl methyl sites for hydroxylation is 2. The van der Waals surface area contributed by atoms with Gasteiger partial charge in [0.15, 0.2) is 9.84 Å². The van der Waals surface area contributed by atoms with Crippen LogP contribution in [0.5, 0.6) is 0 Å². The Hall–Kier alpha value is -1.03. The first-order valence-corrected chi connectivity index (χ1v) is 15.7. The minimum Gasteiger partial charge on any atom is -0.379 e. The van der Waals surface area contributed by atoms with Gasteiger partial charge in [0.25, 0.3) is 0 Å². The van der Waals surface area contributed by atoms with E-state index in [0.717, 1.165) is 43.8 Å². The van der Waals surface area contributed by atoms with Crippen LogP contribution in [0.2, 0.25) is 0 Å². The number of aromatic nitrogens is 1. The Kier molecular flexibility index (Phi) is 9.41. The topological polar surface area (TPSA) is 79.8 Å². The van der Waals surface area contributed by atoms with Crippen molar-refractivity contribution in [3.63, 3.8) is 0 Å². The van der Waals surface area contributed by atoms with Crippen LogP contribution < -0.4 is 0 Å². The number of ether oxygens (including phenoxy) is 1. The van der Waals surface area contributed by atoms with Gasteiger partial charge in [-0.1, -0.05) is 38.5 Å². The molecule has 9 heteroatoms. The predicted octanol–water partition coefficient (Wildman–Crippen LogP) is 3.98. The molecule has 34 heavy (non-hydrogen) atoms. The zero-order valence-electron chi connectivity index (χ0n) is 20.7. The summed E-state index contributed by atoms with van der Waals surface area (Å²) >= 11 is 1.26. The number of amides is 1. The summed E-state index contributed by atoms with van der Waals surface area (Å²) in [6, 6.07) is 0.775. The van der Waals surface area contributed by atoms with Gasteiger partial charge in [-0.05, 0) is 32.6 Å². The van der Waals surface area contributed by atoms with E-state index in [-0.39, 0.29) is 11.7 Å². The molecule has 3 fully saturated rings. The Morgan fingerprint density at radius 1 is 1.03 bits per heavy atom. The number of hydrogen-bond donors (Lipinski definition) is 0. The second kappa shape index (κ2) is 12.3. The van der Waals surface area contributed by atoms with Crippen molar-refractivity contribution in [2.45, 2.75) is 100 Å². The lowest BCUT2D eigenvalue weighted by molar-refractivity contribution is -0.138. The molecule has 0 bridgehead atoms.